The van der Waals surface area contributed by atoms with Crippen molar-refractivity contribution in [3.8, 4) is 5.75 Å². The van der Waals surface area contributed by atoms with Gasteiger partial charge in [-0.2, -0.15) is 0 Å². The number of anilines is 1. The van der Waals surface area contributed by atoms with E-state index in [-0.39, 0.29) is 0 Å². The highest BCUT2D eigenvalue weighted by Crippen LogP contribution is 2.25. The minimum Gasteiger partial charge on any atom is -0.497 e. The number of rotatable bonds is 7. The summed E-state index contributed by atoms with van der Waals surface area (Å²) in [5.74, 6) is 0.872. The first-order valence-corrected chi connectivity index (χ1v) is 7.36. The first-order chi connectivity index (χ1) is 10.2. The van der Waals surface area contributed by atoms with Crippen LogP contribution in [0.5, 0.6) is 5.75 Å². The standard InChI is InChI=1S/C18H24N2O/c1-20(12-6-9-15-7-4-3-5-8-15)18-13-17(21-2)11-10-16(18)14-19/h3-5,7-8,10-11,13H,6,9,12,14,19H2,1-2H3. The Morgan fingerprint density at radius 3 is 2.52 bits per heavy atom. The molecule has 0 bridgehead atoms. The summed E-state index contributed by atoms with van der Waals surface area (Å²) in [5, 5.41) is 0. The lowest BCUT2D eigenvalue weighted by Gasteiger charge is -2.23. The molecule has 0 aliphatic rings. The lowest BCUT2D eigenvalue weighted by molar-refractivity contribution is 0.414. The molecule has 2 N–H and O–H groups in total. The van der Waals surface area contributed by atoms with Gasteiger partial charge in [0.2, 0.25) is 0 Å². The highest BCUT2D eigenvalue weighted by Gasteiger charge is 2.08. The molecule has 2 rings (SSSR count). The van der Waals surface area contributed by atoms with Crippen LogP contribution in [0.25, 0.3) is 0 Å². The molecule has 0 amide bonds. The summed E-state index contributed by atoms with van der Waals surface area (Å²) < 4.78 is 5.31. The largest absolute Gasteiger partial charge is 0.497 e. The maximum Gasteiger partial charge on any atom is 0.120 e. The molecule has 2 aromatic rings. The summed E-state index contributed by atoms with van der Waals surface area (Å²) >= 11 is 0. The Morgan fingerprint density at radius 1 is 1.10 bits per heavy atom. The molecule has 0 aromatic heterocycles. The zero-order valence-corrected chi connectivity index (χ0v) is 12.9. The second-order valence-corrected chi connectivity index (χ2v) is 5.21. The van der Waals surface area contributed by atoms with Gasteiger partial charge in [0.15, 0.2) is 0 Å². The Hall–Kier alpha value is -2.00. The number of ether oxygens (including phenoxy) is 1. The minimum absolute atomic E-state index is 0.544. The average Bonchev–Trinajstić information content (AvgIpc) is 2.55. The van der Waals surface area contributed by atoms with Crippen molar-refractivity contribution in [3.05, 3.63) is 59.7 Å². The smallest absolute Gasteiger partial charge is 0.120 e. The third-order valence-electron chi connectivity index (χ3n) is 3.73. The Bertz CT molecular complexity index is 554. The van der Waals surface area contributed by atoms with Crippen LogP contribution in [0.15, 0.2) is 48.5 Å². The second-order valence-electron chi connectivity index (χ2n) is 5.21. The van der Waals surface area contributed by atoms with E-state index in [0.29, 0.717) is 6.54 Å². The number of benzene rings is 2. The molecule has 3 heteroatoms. The molecule has 0 saturated carbocycles. The van der Waals surface area contributed by atoms with Gasteiger partial charge >= 0.3 is 0 Å². The van der Waals surface area contributed by atoms with Crippen LogP contribution in [0.4, 0.5) is 5.69 Å². The molecule has 112 valence electrons. The van der Waals surface area contributed by atoms with Crippen LogP contribution in [-0.4, -0.2) is 20.7 Å². The van der Waals surface area contributed by atoms with E-state index in [1.807, 2.05) is 12.1 Å². The summed E-state index contributed by atoms with van der Waals surface area (Å²) in [6.45, 7) is 1.54. The van der Waals surface area contributed by atoms with Crippen LogP contribution in [0, 0.1) is 0 Å². The highest BCUT2D eigenvalue weighted by molar-refractivity contribution is 5.56. The maximum absolute atomic E-state index is 5.83. The molecule has 0 heterocycles. The van der Waals surface area contributed by atoms with E-state index in [1.54, 1.807) is 7.11 Å². The van der Waals surface area contributed by atoms with Crippen molar-refractivity contribution >= 4 is 5.69 Å². The monoisotopic (exact) mass is 284 g/mol. The summed E-state index contributed by atoms with van der Waals surface area (Å²) in [7, 11) is 3.80. The van der Waals surface area contributed by atoms with E-state index < -0.39 is 0 Å². The van der Waals surface area contributed by atoms with E-state index in [2.05, 4.69) is 48.3 Å². The molecule has 2 aromatic carbocycles. The molecule has 0 unspecified atom stereocenters. The number of methoxy groups -OCH3 is 1. The van der Waals surface area contributed by atoms with E-state index in [9.17, 15) is 0 Å². The third kappa shape index (κ3) is 4.23. The van der Waals surface area contributed by atoms with Gasteiger partial charge in [0, 0.05) is 31.9 Å². The van der Waals surface area contributed by atoms with Crippen molar-refractivity contribution in [2.24, 2.45) is 5.73 Å². The summed E-state index contributed by atoms with van der Waals surface area (Å²) in [6, 6.07) is 16.7. The van der Waals surface area contributed by atoms with Gasteiger partial charge in [-0.1, -0.05) is 36.4 Å². The average molecular weight is 284 g/mol. The summed E-state index contributed by atoms with van der Waals surface area (Å²) in [4.78, 5) is 2.26. The second kappa shape index (κ2) is 7.70. The van der Waals surface area contributed by atoms with Gasteiger partial charge in [-0.25, -0.2) is 0 Å². The van der Waals surface area contributed by atoms with Gasteiger partial charge in [-0.3, -0.25) is 0 Å². The number of hydrogen-bond donors (Lipinski definition) is 1. The molecule has 0 saturated heterocycles. The molecule has 0 radical (unpaired) electrons. The zero-order valence-electron chi connectivity index (χ0n) is 12.9. The number of nitrogens with two attached hydrogens (primary N) is 1. The van der Waals surface area contributed by atoms with Gasteiger partial charge in [0.1, 0.15) is 5.75 Å². The molecule has 3 nitrogen and oxygen atoms in total. The van der Waals surface area contributed by atoms with Crippen molar-refractivity contribution in [2.75, 3.05) is 25.6 Å². The van der Waals surface area contributed by atoms with Gasteiger partial charge in [-0.05, 0) is 30.0 Å². The molecule has 0 atom stereocenters. The fraction of sp³-hybridized carbons (Fsp3) is 0.333. The predicted molar refractivity (Wildman–Crippen MR) is 88.9 cm³/mol. The van der Waals surface area contributed by atoms with Crippen LogP contribution in [0.3, 0.4) is 0 Å². The van der Waals surface area contributed by atoms with Gasteiger partial charge in [0.05, 0.1) is 7.11 Å². The van der Waals surface area contributed by atoms with Crippen LogP contribution in [0.2, 0.25) is 0 Å². The summed E-state index contributed by atoms with van der Waals surface area (Å²) in [6.07, 6.45) is 2.20. The molecule has 21 heavy (non-hydrogen) atoms. The lowest BCUT2D eigenvalue weighted by Crippen LogP contribution is -2.21. The molecule has 0 aliphatic heterocycles. The maximum atomic E-state index is 5.83. The van der Waals surface area contributed by atoms with Crippen LogP contribution >= 0.6 is 0 Å². The minimum atomic E-state index is 0.544. The fourth-order valence-corrected chi connectivity index (χ4v) is 2.48. The SMILES string of the molecule is COc1ccc(CN)c(N(C)CCCc2ccccc2)c1. The molecule has 0 fully saturated rings. The highest BCUT2D eigenvalue weighted by atomic mass is 16.5. The van der Waals surface area contributed by atoms with Crippen LogP contribution < -0.4 is 15.4 Å². The van der Waals surface area contributed by atoms with E-state index in [4.69, 9.17) is 10.5 Å². The third-order valence-corrected chi connectivity index (χ3v) is 3.73. The Kier molecular flexibility index (Phi) is 5.64. The van der Waals surface area contributed by atoms with Crippen molar-refractivity contribution in [1.29, 1.82) is 0 Å². The predicted octanol–water partition coefficient (Wildman–Crippen LogP) is 3.22. The van der Waals surface area contributed by atoms with Gasteiger partial charge < -0.3 is 15.4 Å². The Labute approximate surface area is 127 Å². The first-order valence-electron chi connectivity index (χ1n) is 7.36. The zero-order chi connectivity index (χ0) is 15.1. The van der Waals surface area contributed by atoms with E-state index >= 15 is 0 Å². The molecule has 0 aliphatic carbocycles. The Morgan fingerprint density at radius 2 is 1.86 bits per heavy atom. The number of nitrogens with zero attached hydrogens (tertiary/aromatic N) is 1. The topological polar surface area (TPSA) is 38.5 Å². The number of hydrogen-bond acceptors (Lipinski definition) is 3. The fourth-order valence-electron chi connectivity index (χ4n) is 2.48. The van der Waals surface area contributed by atoms with Gasteiger partial charge in [-0.15, -0.1) is 0 Å². The van der Waals surface area contributed by atoms with Gasteiger partial charge in [0.25, 0.3) is 0 Å². The first kappa shape index (κ1) is 15.4. The van der Waals surface area contributed by atoms with E-state index in [1.165, 1.54) is 5.56 Å². The normalized spacial score (nSPS) is 10.4. The Balaban J connectivity index is 1.97. The molecular weight excluding hydrogens is 260 g/mol. The van der Waals surface area contributed by atoms with E-state index in [0.717, 1.165) is 36.4 Å². The quantitative estimate of drug-likeness (QED) is 0.848. The van der Waals surface area contributed by atoms with Crippen molar-refractivity contribution in [3.63, 3.8) is 0 Å². The van der Waals surface area contributed by atoms with Crippen molar-refractivity contribution in [2.45, 2.75) is 19.4 Å². The molecule has 0 spiro atoms. The van der Waals surface area contributed by atoms with Crippen molar-refractivity contribution in [1.82, 2.24) is 0 Å². The summed E-state index contributed by atoms with van der Waals surface area (Å²) in [5.41, 5.74) is 9.53. The lowest BCUT2D eigenvalue weighted by atomic mass is 10.1. The van der Waals surface area contributed by atoms with Crippen LogP contribution in [0.1, 0.15) is 17.5 Å². The van der Waals surface area contributed by atoms with Crippen LogP contribution in [-0.2, 0) is 13.0 Å². The van der Waals surface area contributed by atoms with Crippen molar-refractivity contribution < 1.29 is 4.74 Å². The molecular formula is C18H24N2O. The number of aryl methyl sites for hydroxylation is 1.